The van der Waals surface area contributed by atoms with Crippen molar-refractivity contribution in [2.75, 3.05) is 19.9 Å². The van der Waals surface area contributed by atoms with Gasteiger partial charge in [-0.2, -0.15) is 0 Å². The standard InChI is InChI=1S/C15H19ClN2O2/c16-13-5-10(6-14-15(13)20-9-19-14)7-17-11-3-4-18(8-11)12-1-2-12/h5-6,11-12,17H,1-4,7-9H2. The molecule has 1 saturated carbocycles. The Labute approximate surface area is 124 Å². The van der Waals surface area contributed by atoms with Crippen molar-refractivity contribution < 1.29 is 9.47 Å². The molecule has 5 heteroatoms. The van der Waals surface area contributed by atoms with E-state index in [4.69, 9.17) is 21.1 Å². The third kappa shape index (κ3) is 2.48. The van der Waals surface area contributed by atoms with Crippen molar-refractivity contribution in [2.24, 2.45) is 0 Å². The normalized spacial score (nSPS) is 25.4. The van der Waals surface area contributed by atoms with Gasteiger partial charge in [-0.25, -0.2) is 0 Å². The predicted octanol–water partition coefficient (Wildman–Crippen LogP) is 2.40. The van der Waals surface area contributed by atoms with Crippen LogP contribution in [0.15, 0.2) is 12.1 Å². The summed E-state index contributed by atoms with van der Waals surface area (Å²) in [4.78, 5) is 2.62. The van der Waals surface area contributed by atoms with E-state index in [1.54, 1.807) is 0 Å². The van der Waals surface area contributed by atoms with Crippen molar-refractivity contribution in [3.63, 3.8) is 0 Å². The van der Waals surface area contributed by atoms with E-state index in [-0.39, 0.29) is 6.79 Å². The molecule has 0 aromatic heterocycles. The number of fused-ring (bicyclic) bond motifs is 1. The van der Waals surface area contributed by atoms with Gasteiger partial charge in [0.25, 0.3) is 0 Å². The van der Waals surface area contributed by atoms with Crippen LogP contribution in [0, 0.1) is 0 Å². The summed E-state index contributed by atoms with van der Waals surface area (Å²) in [5, 5.41) is 4.27. The Hall–Kier alpha value is -0.970. The number of likely N-dealkylation sites (tertiary alicyclic amines) is 1. The van der Waals surface area contributed by atoms with Crippen LogP contribution in [-0.4, -0.2) is 36.9 Å². The highest BCUT2D eigenvalue weighted by molar-refractivity contribution is 6.32. The van der Waals surface area contributed by atoms with Crippen LogP contribution >= 0.6 is 11.6 Å². The summed E-state index contributed by atoms with van der Waals surface area (Å²) < 4.78 is 10.7. The highest BCUT2D eigenvalue weighted by atomic mass is 35.5. The fourth-order valence-electron chi connectivity index (χ4n) is 3.11. The molecule has 4 rings (SSSR count). The summed E-state index contributed by atoms with van der Waals surface area (Å²) in [5.41, 5.74) is 1.16. The second-order valence-electron chi connectivity index (χ2n) is 5.90. The summed E-state index contributed by atoms with van der Waals surface area (Å²) in [6.45, 7) is 3.53. The Morgan fingerprint density at radius 1 is 1.25 bits per heavy atom. The molecule has 3 aliphatic rings. The molecule has 2 fully saturated rings. The van der Waals surface area contributed by atoms with Gasteiger partial charge >= 0.3 is 0 Å². The lowest BCUT2D eigenvalue weighted by atomic mass is 10.1. The monoisotopic (exact) mass is 294 g/mol. The Kier molecular flexibility index (Phi) is 3.25. The highest BCUT2D eigenvalue weighted by Crippen LogP contribution is 2.39. The van der Waals surface area contributed by atoms with Crippen molar-refractivity contribution in [3.8, 4) is 11.5 Å². The average Bonchev–Trinajstić information content (AvgIpc) is 3.00. The lowest BCUT2D eigenvalue weighted by Gasteiger charge is -2.16. The first-order chi connectivity index (χ1) is 9.79. The van der Waals surface area contributed by atoms with E-state index in [9.17, 15) is 0 Å². The molecule has 1 atom stereocenters. The van der Waals surface area contributed by atoms with Crippen LogP contribution in [0.1, 0.15) is 24.8 Å². The largest absolute Gasteiger partial charge is 0.454 e. The van der Waals surface area contributed by atoms with Crippen LogP contribution in [0.4, 0.5) is 0 Å². The molecular weight excluding hydrogens is 276 g/mol. The molecule has 0 spiro atoms. The van der Waals surface area contributed by atoms with Crippen molar-refractivity contribution in [2.45, 2.75) is 37.9 Å². The van der Waals surface area contributed by atoms with Gasteiger partial charge in [0.2, 0.25) is 6.79 Å². The fraction of sp³-hybridized carbons (Fsp3) is 0.600. The molecule has 108 valence electrons. The number of ether oxygens (including phenoxy) is 2. The van der Waals surface area contributed by atoms with Gasteiger partial charge in [0.15, 0.2) is 11.5 Å². The minimum Gasteiger partial charge on any atom is -0.454 e. The van der Waals surface area contributed by atoms with Crippen molar-refractivity contribution in [1.82, 2.24) is 10.2 Å². The van der Waals surface area contributed by atoms with E-state index >= 15 is 0 Å². The summed E-state index contributed by atoms with van der Waals surface area (Å²) in [6.07, 6.45) is 4.03. The number of rotatable bonds is 4. The fourth-order valence-corrected chi connectivity index (χ4v) is 3.40. The van der Waals surface area contributed by atoms with Gasteiger partial charge < -0.3 is 14.8 Å². The minimum atomic E-state index is 0.269. The van der Waals surface area contributed by atoms with Crippen molar-refractivity contribution in [3.05, 3.63) is 22.7 Å². The molecule has 0 bridgehead atoms. The third-order valence-electron chi connectivity index (χ3n) is 4.36. The molecule has 1 aliphatic carbocycles. The zero-order valence-corrected chi connectivity index (χ0v) is 12.2. The van der Waals surface area contributed by atoms with Crippen LogP contribution in [0.5, 0.6) is 11.5 Å². The Bertz CT molecular complexity index is 519. The zero-order chi connectivity index (χ0) is 13.5. The smallest absolute Gasteiger partial charge is 0.231 e. The number of nitrogens with zero attached hydrogens (tertiary/aromatic N) is 1. The molecule has 2 heterocycles. The van der Waals surface area contributed by atoms with Crippen LogP contribution in [0.25, 0.3) is 0 Å². The topological polar surface area (TPSA) is 33.7 Å². The number of benzene rings is 1. The molecular formula is C15H19ClN2O2. The van der Waals surface area contributed by atoms with E-state index in [0.29, 0.717) is 16.8 Å². The molecule has 2 aliphatic heterocycles. The van der Waals surface area contributed by atoms with Crippen LogP contribution in [0.2, 0.25) is 5.02 Å². The molecule has 20 heavy (non-hydrogen) atoms. The highest BCUT2D eigenvalue weighted by Gasteiger charge is 2.34. The third-order valence-corrected chi connectivity index (χ3v) is 4.65. The van der Waals surface area contributed by atoms with Crippen LogP contribution < -0.4 is 14.8 Å². The maximum absolute atomic E-state index is 6.20. The quantitative estimate of drug-likeness (QED) is 0.924. The minimum absolute atomic E-state index is 0.269. The van der Waals surface area contributed by atoms with Gasteiger partial charge in [-0.05, 0) is 37.0 Å². The molecule has 1 aromatic carbocycles. The number of hydrogen-bond donors (Lipinski definition) is 1. The second kappa shape index (κ2) is 5.10. The molecule has 0 amide bonds. The van der Waals surface area contributed by atoms with Gasteiger partial charge in [-0.1, -0.05) is 11.6 Å². The summed E-state index contributed by atoms with van der Waals surface area (Å²) in [5.74, 6) is 1.44. The van der Waals surface area contributed by atoms with Gasteiger partial charge in [-0.15, -0.1) is 0 Å². The number of halogens is 1. The first-order valence-electron chi connectivity index (χ1n) is 7.35. The van der Waals surface area contributed by atoms with Gasteiger partial charge in [0, 0.05) is 31.7 Å². The van der Waals surface area contributed by atoms with Crippen molar-refractivity contribution >= 4 is 11.6 Å². The maximum atomic E-state index is 6.20. The van der Waals surface area contributed by atoms with Gasteiger partial charge in [0.1, 0.15) is 0 Å². The lowest BCUT2D eigenvalue weighted by molar-refractivity contribution is 0.174. The summed E-state index contributed by atoms with van der Waals surface area (Å²) in [6, 6.07) is 5.46. The predicted molar refractivity (Wildman–Crippen MR) is 77.4 cm³/mol. The van der Waals surface area contributed by atoms with Crippen molar-refractivity contribution in [1.29, 1.82) is 0 Å². The van der Waals surface area contributed by atoms with E-state index in [1.807, 2.05) is 12.1 Å². The number of hydrogen-bond acceptors (Lipinski definition) is 4. The van der Waals surface area contributed by atoms with Gasteiger partial charge in [0.05, 0.1) is 5.02 Å². The zero-order valence-electron chi connectivity index (χ0n) is 11.4. The Morgan fingerprint density at radius 3 is 3.00 bits per heavy atom. The van der Waals surface area contributed by atoms with E-state index in [1.165, 1.54) is 32.4 Å². The molecule has 1 unspecified atom stereocenters. The first kappa shape index (κ1) is 12.7. The first-order valence-corrected chi connectivity index (χ1v) is 7.73. The van der Waals surface area contributed by atoms with Crippen LogP contribution in [-0.2, 0) is 6.54 Å². The van der Waals surface area contributed by atoms with Crippen LogP contribution in [0.3, 0.4) is 0 Å². The lowest BCUT2D eigenvalue weighted by Crippen LogP contribution is -2.32. The maximum Gasteiger partial charge on any atom is 0.231 e. The SMILES string of the molecule is Clc1cc(CNC2CCN(C3CC3)C2)cc2c1OCO2. The molecule has 1 saturated heterocycles. The second-order valence-corrected chi connectivity index (χ2v) is 6.31. The molecule has 1 N–H and O–H groups in total. The van der Waals surface area contributed by atoms with Gasteiger partial charge in [-0.3, -0.25) is 4.90 Å². The van der Waals surface area contributed by atoms with E-state index < -0.39 is 0 Å². The average molecular weight is 295 g/mol. The number of nitrogens with one attached hydrogen (secondary N) is 1. The summed E-state index contributed by atoms with van der Waals surface area (Å²) in [7, 11) is 0. The summed E-state index contributed by atoms with van der Waals surface area (Å²) >= 11 is 6.20. The van der Waals surface area contributed by atoms with E-state index in [2.05, 4.69) is 10.2 Å². The molecule has 1 aromatic rings. The molecule has 4 nitrogen and oxygen atoms in total. The Morgan fingerprint density at radius 2 is 2.15 bits per heavy atom. The van der Waals surface area contributed by atoms with E-state index in [0.717, 1.165) is 23.9 Å². The molecule has 0 radical (unpaired) electrons. The Balaban J connectivity index is 1.36.